The molecule has 0 N–H and O–H groups in total. The van der Waals surface area contributed by atoms with Crippen molar-refractivity contribution in [1.29, 1.82) is 0 Å². The molecule has 26 heavy (non-hydrogen) atoms. The lowest BCUT2D eigenvalue weighted by Crippen LogP contribution is -1.98. The molecule has 0 spiro atoms. The quantitative estimate of drug-likeness (QED) is 0.663. The number of aromatic nitrogens is 6. The van der Waals surface area contributed by atoms with Crippen molar-refractivity contribution in [3.05, 3.63) is 72.5 Å². The predicted octanol–water partition coefficient (Wildman–Crippen LogP) is 3.50. The fourth-order valence-corrected chi connectivity index (χ4v) is 3.38. The van der Waals surface area contributed by atoms with Crippen LogP contribution in [-0.4, -0.2) is 29.1 Å². The molecule has 132 valence electrons. The van der Waals surface area contributed by atoms with Gasteiger partial charge >= 0.3 is 0 Å². The van der Waals surface area contributed by atoms with Crippen molar-refractivity contribution in [1.82, 2.24) is 29.1 Å². The number of nitrogens with zero attached hydrogens (tertiary/aromatic N) is 6. The summed E-state index contributed by atoms with van der Waals surface area (Å²) in [6.07, 6.45) is 10.4. The van der Waals surface area contributed by atoms with Crippen LogP contribution >= 0.6 is 0 Å². The van der Waals surface area contributed by atoms with Crippen LogP contribution in [0.1, 0.15) is 47.0 Å². The number of imidazole rings is 1. The Morgan fingerprint density at radius 3 is 2.73 bits per heavy atom. The molecular weight excluding hydrogens is 324 g/mol. The zero-order valence-corrected chi connectivity index (χ0v) is 15.3. The second kappa shape index (κ2) is 6.05. The molecule has 1 aliphatic carbocycles. The maximum Gasteiger partial charge on any atom is 0.177 e. The van der Waals surface area contributed by atoms with Gasteiger partial charge in [0, 0.05) is 36.9 Å². The highest BCUT2D eigenvalue weighted by Gasteiger charge is 2.45. The van der Waals surface area contributed by atoms with Crippen LogP contribution in [0.2, 0.25) is 0 Å². The lowest BCUT2D eigenvalue weighted by Gasteiger charge is -1.98. The summed E-state index contributed by atoms with van der Waals surface area (Å²) in [6.45, 7) is 11.6. The smallest absolute Gasteiger partial charge is 0.177 e. The molecule has 0 aromatic carbocycles. The van der Waals surface area contributed by atoms with E-state index in [-0.39, 0.29) is 0 Å². The van der Waals surface area contributed by atoms with Crippen molar-refractivity contribution in [3.63, 3.8) is 0 Å². The molecule has 0 bridgehead atoms. The number of aryl methyl sites for hydroxylation is 3. The second-order valence-corrected chi connectivity index (χ2v) is 6.80. The first kappa shape index (κ1) is 16.4. The van der Waals surface area contributed by atoms with Crippen LogP contribution < -0.4 is 0 Å². The molecule has 2 atom stereocenters. The lowest BCUT2D eigenvalue weighted by molar-refractivity contribution is 0.767. The fraction of sp³-hybridized carbons (Fsp3) is 0.300. The molecule has 3 aromatic rings. The molecular formula is C20H22N6. The molecule has 6 nitrogen and oxygen atoms in total. The van der Waals surface area contributed by atoms with E-state index in [1.54, 1.807) is 12.2 Å². The van der Waals surface area contributed by atoms with Crippen molar-refractivity contribution < 1.29 is 0 Å². The molecule has 0 radical (unpaired) electrons. The minimum atomic E-state index is 0.304. The van der Waals surface area contributed by atoms with Gasteiger partial charge in [-0.3, -0.25) is 4.98 Å². The summed E-state index contributed by atoms with van der Waals surface area (Å²) < 4.78 is 3.98. The number of allylic oxidation sites excluding steroid dienone is 4. The minimum absolute atomic E-state index is 0.304. The number of hydrogen-bond acceptors (Lipinski definition) is 4. The Morgan fingerprint density at radius 2 is 2.04 bits per heavy atom. The molecule has 2 unspecified atom stereocenters. The van der Waals surface area contributed by atoms with E-state index in [2.05, 4.69) is 22.7 Å². The summed E-state index contributed by atoms with van der Waals surface area (Å²) in [4.78, 5) is 13.9. The van der Waals surface area contributed by atoms with Gasteiger partial charge in [0.1, 0.15) is 5.82 Å². The third kappa shape index (κ3) is 2.58. The molecule has 0 amide bonds. The highest BCUT2D eigenvalue weighted by atomic mass is 15.3. The summed E-state index contributed by atoms with van der Waals surface area (Å²) >= 11 is 0. The molecule has 0 aliphatic heterocycles. The minimum Gasteiger partial charge on any atom is -0.337 e. The Hall–Kier alpha value is -3.02. The second-order valence-electron chi connectivity index (χ2n) is 6.80. The zero-order chi connectivity index (χ0) is 18.4. The standard InChI is InChI=1S/C20H22N6/c1-6-8-14(7-2)17-11-25(5)20(22-17)16-9-15(16)18-23-19-13(4)21-10-12(3)26(19)24-18/h6-8,10-11,15-16H,1-2,9H2,3-5H3/b14-8+. The topological polar surface area (TPSA) is 60.9 Å². The Balaban J connectivity index is 1.65. The number of hydrogen-bond donors (Lipinski definition) is 0. The van der Waals surface area contributed by atoms with Gasteiger partial charge in [-0.2, -0.15) is 5.10 Å². The first-order chi connectivity index (χ1) is 12.5. The highest BCUT2D eigenvalue weighted by molar-refractivity contribution is 5.72. The van der Waals surface area contributed by atoms with Gasteiger partial charge in [0.2, 0.25) is 0 Å². The van der Waals surface area contributed by atoms with Crippen molar-refractivity contribution in [2.45, 2.75) is 32.1 Å². The van der Waals surface area contributed by atoms with Crippen molar-refractivity contribution in [2.24, 2.45) is 7.05 Å². The summed E-state index contributed by atoms with van der Waals surface area (Å²) in [7, 11) is 2.03. The lowest BCUT2D eigenvalue weighted by atomic mass is 10.2. The molecule has 1 saturated carbocycles. The fourth-order valence-electron chi connectivity index (χ4n) is 3.38. The molecule has 3 heterocycles. The zero-order valence-electron chi connectivity index (χ0n) is 15.3. The molecule has 1 fully saturated rings. The Labute approximate surface area is 152 Å². The SMILES string of the molecule is C=C/C=C(\C=C)c1cn(C)c(C2CC2c2nc3c(C)ncc(C)n3n2)n1. The van der Waals surface area contributed by atoms with E-state index < -0.39 is 0 Å². The van der Waals surface area contributed by atoms with Gasteiger partial charge in [-0.05, 0) is 20.3 Å². The third-order valence-corrected chi connectivity index (χ3v) is 4.91. The first-order valence-corrected chi connectivity index (χ1v) is 8.71. The van der Waals surface area contributed by atoms with Crippen LogP contribution in [-0.2, 0) is 7.05 Å². The predicted molar refractivity (Wildman–Crippen MR) is 102 cm³/mol. The van der Waals surface area contributed by atoms with Gasteiger partial charge in [0.25, 0.3) is 0 Å². The summed E-state index contributed by atoms with van der Waals surface area (Å²) in [5.74, 6) is 2.59. The summed E-state index contributed by atoms with van der Waals surface area (Å²) in [5.41, 5.74) is 4.63. The van der Waals surface area contributed by atoms with Crippen LogP contribution in [0.4, 0.5) is 0 Å². The number of fused-ring (bicyclic) bond motifs is 1. The third-order valence-electron chi connectivity index (χ3n) is 4.91. The van der Waals surface area contributed by atoms with Crippen molar-refractivity contribution in [2.75, 3.05) is 0 Å². The highest BCUT2D eigenvalue weighted by Crippen LogP contribution is 2.53. The number of rotatable bonds is 5. The normalized spacial score (nSPS) is 19.7. The van der Waals surface area contributed by atoms with Crippen LogP contribution in [0, 0.1) is 13.8 Å². The van der Waals surface area contributed by atoms with Crippen LogP contribution in [0.5, 0.6) is 0 Å². The van der Waals surface area contributed by atoms with Crippen molar-refractivity contribution >= 4 is 11.2 Å². The van der Waals surface area contributed by atoms with Gasteiger partial charge in [-0.15, -0.1) is 0 Å². The van der Waals surface area contributed by atoms with E-state index in [0.717, 1.165) is 46.4 Å². The molecule has 3 aromatic heterocycles. The van der Waals surface area contributed by atoms with E-state index in [1.807, 2.05) is 43.9 Å². The summed E-state index contributed by atoms with van der Waals surface area (Å²) in [6, 6.07) is 0. The van der Waals surface area contributed by atoms with Crippen LogP contribution in [0.3, 0.4) is 0 Å². The maximum atomic E-state index is 4.83. The molecule has 4 rings (SSSR count). The molecule has 6 heteroatoms. The Morgan fingerprint density at radius 1 is 1.23 bits per heavy atom. The van der Waals surface area contributed by atoms with E-state index >= 15 is 0 Å². The van der Waals surface area contributed by atoms with E-state index in [0.29, 0.717) is 11.8 Å². The molecule has 1 aliphatic rings. The Bertz CT molecular complexity index is 1010. The largest absolute Gasteiger partial charge is 0.337 e. The van der Waals surface area contributed by atoms with Crippen molar-refractivity contribution in [3.8, 4) is 0 Å². The Kier molecular flexibility index (Phi) is 3.83. The average molecular weight is 346 g/mol. The van der Waals surface area contributed by atoms with Gasteiger partial charge in [0.15, 0.2) is 11.5 Å². The van der Waals surface area contributed by atoms with E-state index in [4.69, 9.17) is 15.1 Å². The van der Waals surface area contributed by atoms with Crippen LogP contribution in [0.15, 0.2) is 43.8 Å². The van der Waals surface area contributed by atoms with E-state index in [9.17, 15) is 0 Å². The van der Waals surface area contributed by atoms with Crippen LogP contribution in [0.25, 0.3) is 11.2 Å². The first-order valence-electron chi connectivity index (χ1n) is 8.71. The van der Waals surface area contributed by atoms with Gasteiger partial charge in [0.05, 0.1) is 17.1 Å². The maximum absolute atomic E-state index is 4.83. The van der Waals surface area contributed by atoms with Gasteiger partial charge in [-0.1, -0.05) is 31.4 Å². The van der Waals surface area contributed by atoms with Gasteiger partial charge in [-0.25, -0.2) is 14.5 Å². The van der Waals surface area contributed by atoms with E-state index in [1.165, 1.54) is 0 Å². The average Bonchev–Trinajstić information content (AvgIpc) is 3.11. The monoisotopic (exact) mass is 346 g/mol. The summed E-state index contributed by atoms with van der Waals surface area (Å²) in [5, 5.41) is 4.72. The molecule has 0 saturated heterocycles. The van der Waals surface area contributed by atoms with Gasteiger partial charge < -0.3 is 4.57 Å².